The molecule has 2 unspecified atom stereocenters. The molecule has 0 bridgehead atoms. The molecule has 4 rings (SSSR count). The highest BCUT2D eigenvalue weighted by molar-refractivity contribution is 5.78. The van der Waals surface area contributed by atoms with Gasteiger partial charge in [0.05, 0.1) is 18.7 Å². The lowest BCUT2D eigenvalue weighted by Gasteiger charge is -2.31. The molecule has 0 aliphatic carbocycles. The Labute approximate surface area is 253 Å². The van der Waals surface area contributed by atoms with Gasteiger partial charge in [-0.15, -0.1) is 0 Å². The fourth-order valence-electron chi connectivity index (χ4n) is 4.61. The highest BCUT2D eigenvalue weighted by Crippen LogP contribution is 2.28. The van der Waals surface area contributed by atoms with Crippen LogP contribution in [0.4, 0.5) is 0 Å². The Morgan fingerprint density at radius 3 is 1.90 bits per heavy atom. The molecule has 4 aromatic rings. The number of rotatable bonds is 11. The van der Waals surface area contributed by atoms with Crippen LogP contribution in [0.5, 0.6) is 0 Å². The first-order valence-corrected chi connectivity index (χ1v) is 14.8. The summed E-state index contributed by atoms with van der Waals surface area (Å²) in [6.45, 7) is 9.82. The molecule has 2 atom stereocenters. The summed E-state index contributed by atoms with van der Waals surface area (Å²) in [4.78, 5) is 13.9. The summed E-state index contributed by atoms with van der Waals surface area (Å²) in [6, 6.07) is 39.0. The van der Waals surface area contributed by atoms with Gasteiger partial charge in [-0.25, -0.2) is 0 Å². The predicted octanol–water partition coefficient (Wildman–Crippen LogP) is 6.91. The largest absolute Gasteiger partial charge is 0.367 e. The first kappa shape index (κ1) is 34.4. The molecule has 0 aliphatic rings. The smallest absolute Gasteiger partial charge is 0.234 e. The lowest BCUT2D eigenvalue weighted by molar-refractivity contribution is -0.121. The maximum absolute atomic E-state index is 11.8. The molecule has 0 saturated carbocycles. The van der Waals surface area contributed by atoms with Crippen molar-refractivity contribution in [2.75, 3.05) is 33.8 Å². The second-order valence-electron chi connectivity index (χ2n) is 10.4. The second kappa shape index (κ2) is 18.6. The third-order valence-electron chi connectivity index (χ3n) is 6.81. The Kier molecular flexibility index (Phi) is 15.3. The minimum Gasteiger partial charge on any atom is -0.367 e. The number of carbonyl (C=O) groups excluding carboxylic acids is 1. The van der Waals surface area contributed by atoms with Crippen LogP contribution in [0.3, 0.4) is 0 Å². The molecular formula is C37H49N3O2. The number of carbonyl (C=O) groups is 1. The zero-order valence-electron chi connectivity index (χ0n) is 26.2. The number of nitrogens with zero attached hydrogens (tertiary/aromatic N) is 1. The van der Waals surface area contributed by atoms with Crippen molar-refractivity contribution in [2.45, 2.75) is 45.8 Å². The summed E-state index contributed by atoms with van der Waals surface area (Å²) >= 11 is 0. The van der Waals surface area contributed by atoms with Crippen LogP contribution >= 0.6 is 0 Å². The fourth-order valence-corrected chi connectivity index (χ4v) is 4.61. The third kappa shape index (κ3) is 11.2. The van der Waals surface area contributed by atoms with Crippen molar-refractivity contribution in [1.29, 1.82) is 0 Å². The van der Waals surface area contributed by atoms with Crippen molar-refractivity contribution in [3.05, 3.63) is 143 Å². The van der Waals surface area contributed by atoms with Gasteiger partial charge in [0.25, 0.3) is 0 Å². The van der Waals surface area contributed by atoms with E-state index in [1.165, 1.54) is 22.3 Å². The summed E-state index contributed by atoms with van der Waals surface area (Å²) in [5, 5.41) is 3.04. The van der Waals surface area contributed by atoms with E-state index in [1.807, 2.05) is 75.4 Å². The van der Waals surface area contributed by atoms with Crippen molar-refractivity contribution in [3.8, 4) is 0 Å². The molecule has 5 heteroatoms. The second-order valence-corrected chi connectivity index (χ2v) is 10.4. The van der Waals surface area contributed by atoms with Crippen molar-refractivity contribution < 1.29 is 9.53 Å². The van der Waals surface area contributed by atoms with Gasteiger partial charge in [-0.2, -0.15) is 0 Å². The number of likely N-dealkylation sites (N-methyl/N-ethyl adjacent to an activating group) is 1. The molecule has 0 heterocycles. The molecule has 0 spiro atoms. The van der Waals surface area contributed by atoms with Gasteiger partial charge in [0.1, 0.15) is 6.10 Å². The van der Waals surface area contributed by atoms with Gasteiger partial charge in [0, 0.05) is 6.54 Å². The molecule has 5 nitrogen and oxygen atoms in total. The lowest BCUT2D eigenvalue weighted by Crippen LogP contribution is -2.47. The van der Waals surface area contributed by atoms with Crippen LogP contribution in [0.2, 0.25) is 0 Å². The summed E-state index contributed by atoms with van der Waals surface area (Å²) in [6.07, 6.45) is 0.737. The Morgan fingerprint density at radius 2 is 1.36 bits per heavy atom. The molecule has 0 aliphatic heterocycles. The summed E-state index contributed by atoms with van der Waals surface area (Å²) < 4.78 is 6.16. The van der Waals surface area contributed by atoms with Crippen LogP contribution in [0.25, 0.3) is 0 Å². The lowest BCUT2D eigenvalue weighted by atomic mass is 9.85. The van der Waals surface area contributed by atoms with E-state index < -0.39 is 5.54 Å². The number of nitrogens with two attached hydrogens (primary N) is 1. The standard InChI is InChI=1S/C18H23NO.C17H20N2O.C2H6/c1-15-9-7-8-12-17(15)18(20-14-13-19(2)3)16-10-5-4-6-11-16;1-17(19-16(20)13-18,15-10-6-3-7-11-15)12-14-8-4-2-5-9-14;1-2/h4-12,18H,13-14H2,1-3H3;2-11H,12-13,18H2,1H3,(H,19,20);1-2H3. The minimum absolute atomic E-state index is 0.00276. The van der Waals surface area contributed by atoms with E-state index in [2.05, 4.69) is 91.9 Å². The monoisotopic (exact) mass is 567 g/mol. The number of benzene rings is 4. The van der Waals surface area contributed by atoms with E-state index in [0.29, 0.717) is 0 Å². The van der Waals surface area contributed by atoms with Crippen molar-refractivity contribution >= 4 is 5.91 Å². The molecule has 42 heavy (non-hydrogen) atoms. The number of aryl methyl sites for hydroxylation is 1. The van der Waals surface area contributed by atoms with Crippen LogP contribution in [-0.4, -0.2) is 44.6 Å². The highest BCUT2D eigenvalue weighted by atomic mass is 16.5. The van der Waals surface area contributed by atoms with Crippen LogP contribution in [0, 0.1) is 6.92 Å². The zero-order chi connectivity index (χ0) is 30.8. The molecule has 224 valence electrons. The van der Waals surface area contributed by atoms with Crippen molar-refractivity contribution in [2.24, 2.45) is 5.73 Å². The van der Waals surface area contributed by atoms with Crippen LogP contribution in [0.1, 0.15) is 54.7 Å². The quantitative estimate of drug-likeness (QED) is 0.207. The molecule has 0 radical (unpaired) electrons. The normalized spacial score (nSPS) is 12.6. The molecule has 4 aromatic carbocycles. The first-order valence-electron chi connectivity index (χ1n) is 14.8. The number of ether oxygens (including phenoxy) is 1. The molecule has 0 saturated heterocycles. The van der Waals surface area contributed by atoms with E-state index >= 15 is 0 Å². The van der Waals surface area contributed by atoms with Crippen molar-refractivity contribution in [3.63, 3.8) is 0 Å². The number of hydrogen-bond acceptors (Lipinski definition) is 4. The molecular weight excluding hydrogens is 518 g/mol. The average Bonchev–Trinajstić information content (AvgIpc) is 3.02. The van der Waals surface area contributed by atoms with Gasteiger partial charge in [-0.3, -0.25) is 4.79 Å². The Balaban J connectivity index is 0.000000277. The molecule has 3 N–H and O–H groups in total. The number of amides is 1. The summed E-state index contributed by atoms with van der Waals surface area (Å²) in [5.41, 5.74) is 11.0. The van der Waals surface area contributed by atoms with Crippen LogP contribution < -0.4 is 11.1 Å². The summed E-state index contributed by atoms with van der Waals surface area (Å²) in [5.74, 6) is -0.146. The maximum atomic E-state index is 11.8. The van der Waals surface area contributed by atoms with E-state index in [1.54, 1.807) is 0 Å². The average molecular weight is 568 g/mol. The molecule has 0 aromatic heterocycles. The van der Waals surface area contributed by atoms with Crippen LogP contribution in [0.15, 0.2) is 115 Å². The molecule has 0 fully saturated rings. The fraction of sp³-hybridized carbons (Fsp3) is 0.324. The van der Waals surface area contributed by atoms with Gasteiger partial charge in [0.2, 0.25) is 5.91 Å². The predicted molar refractivity (Wildman–Crippen MR) is 176 cm³/mol. The maximum Gasteiger partial charge on any atom is 0.234 e. The van der Waals surface area contributed by atoms with Gasteiger partial charge in [0.15, 0.2) is 0 Å². The number of nitrogens with one attached hydrogen (secondary N) is 1. The van der Waals surface area contributed by atoms with Gasteiger partial charge in [-0.1, -0.05) is 129 Å². The van der Waals surface area contributed by atoms with E-state index in [4.69, 9.17) is 10.5 Å². The third-order valence-corrected chi connectivity index (χ3v) is 6.81. The zero-order valence-corrected chi connectivity index (χ0v) is 26.2. The van der Waals surface area contributed by atoms with E-state index in [9.17, 15) is 4.79 Å². The minimum atomic E-state index is -0.459. The first-order chi connectivity index (χ1) is 20.3. The number of hydrogen-bond donors (Lipinski definition) is 2. The van der Waals surface area contributed by atoms with Gasteiger partial charge >= 0.3 is 0 Å². The highest BCUT2D eigenvalue weighted by Gasteiger charge is 2.28. The SMILES string of the molecule is CC.CC(Cc1ccccc1)(NC(=O)CN)c1ccccc1.Cc1ccccc1C(OCCN(C)C)c1ccccc1. The van der Waals surface area contributed by atoms with Gasteiger partial charge in [-0.05, 0) is 62.2 Å². The Hall–Kier alpha value is -3.77. The summed E-state index contributed by atoms with van der Waals surface area (Å²) in [7, 11) is 4.13. The Morgan fingerprint density at radius 1 is 0.833 bits per heavy atom. The molecule has 1 amide bonds. The van der Waals surface area contributed by atoms with Gasteiger partial charge < -0.3 is 20.7 Å². The van der Waals surface area contributed by atoms with Crippen molar-refractivity contribution in [1.82, 2.24) is 10.2 Å². The van der Waals surface area contributed by atoms with Crippen LogP contribution in [-0.2, 0) is 21.5 Å². The topological polar surface area (TPSA) is 67.6 Å². The van der Waals surface area contributed by atoms with E-state index in [0.717, 1.165) is 25.1 Å². The van der Waals surface area contributed by atoms with E-state index in [-0.39, 0.29) is 18.6 Å². The Bertz CT molecular complexity index is 1280.